The standard InChI is InChI=1S/C18H11F4NS/c19-15-7-5-13(6-8-15)16-11-24-17(23-16)9-4-12-2-1-3-14(10-12)18(20,21)22/h1-11H/b9-4+. The van der Waals surface area contributed by atoms with Gasteiger partial charge >= 0.3 is 6.18 Å². The third-order valence-electron chi connectivity index (χ3n) is 3.29. The number of thiazole rings is 1. The van der Waals surface area contributed by atoms with Gasteiger partial charge in [-0.15, -0.1) is 11.3 Å². The van der Waals surface area contributed by atoms with Crippen molar-refractivity contribution < 1.29 is 17.6 Å². The van der Waals surface area contributed by atoms with Crippen molar-refractivity contribution >= 4 is 23.5 Å². The SMILES string of the molecule is Fc1ccc(-c2csc(/C=C/c3cccc(C(F)(F)F)c3)n2)cc1. The molecule has 1 aromatic heterocycles. The van der Waals surface area contributed by atoms with E-state index in [0.29, 0.717) is 16.3 Å². The molecule has 0 radical (unpaired) electrons. The van der Waals surface area contributed by atoms with Crippen LogP contribution in [0.5, 0.6) is 0 Å². The number of rotatable bonds is 3. The third kappa shape index (κ3) is 3.89. The molecule has 1 nitrogen and oxygen atoms in total. The van der Waals surface area contributed by atoms with Crippen molar-refractivity contribution in [2.24, 2.45) is 0 Å². The molecule has 0 N–H and O–H groups in total. The average molecular weight is 349 g/mol. The number of nitrogens with zero attached hydrogens (tertiary/aromatic N) is 1. The average Bonchev–Trinajstić information content (AvgIpc) is 3.02. The Morgan fingerprint density at radius 2 is 1.71 bits per heavy atom. The Morgan fingerprint density at radius 3 is 2.42 bits per heavy atom. The molecule has 0 aliphatic heterocycles. The van der Waals surface area contributed by atoms with E-state index in [1.165, 1.54) is 29.5 Å². The van der Waals surface area contributed by atoms with Crippen molar-refractivity contribution in [1.82, 2.24) is 4.98 Å². The largest absolute Gasteiger partial charge is 0.416 e. The highest BCUT2D eigenvalue weighted by molar-refractivity contribution is 7.10. The van der Waals surface area contributed by atoms with Gasteiger partial charge in [-0.3, -0.25) is 0 Å². The van der Waals surface area contributed by atoms with Gasteiger partial charge in [0.25, 0.3) is 0 Å². The van der Waals surface area contributed by atoms with Crippen LogP contribution in [-0.4, -0.2) is 4.98 Å². The molecule has 0 saturated heterocycles. The van der Waals surface area contributed by atoms with Crippen molar-refractivity contribution in [2.75, 3.05) is 0 Å². The van der Waals surface area contributed by atoms with E-state index in [0.717, 1.165) is 17.7 Å². The Morgan fingerprint density at radius 1 is 0.958 bits per heavy atom. The normalized spacial score (nSPS) is 12.0. The maximum Gasteiger partial charge on any atom is 0.416 e. The van der Waals surface area contributed by atoms with Crippen LogP contribution in [0.2, 0.25) is 0 Å². The summed E-state index contributed by atoms with van der Waals surface area (Å²) in [5, 5.41) is 2.48. The molecular weight excluding hydrogens is 338 g/mol. The van der Waals surface area contributed by atoms with Crippen LogP contribution in [0.1, 0.15) is 16.1 Å². The minimum absolute atomic E-state index is 0.321. The minimum Gasteiger partial charge on any atom is -0.237 e. The molecule has 0 spiro atoms. The van der Waals surface area contributed by atoms with Gasteiger partial charge in [0.05, 0.1) is 11.3 Å². The molecule has 3 aromatic rings. The minimum atomic E-state index is -4.36. The van der Waals surface area contributed by atoms with Gasteiger partial charge in [-0.25, -0.2) is 9.37 Å². The number of alkyl halides is 3. The molecule has 0 fully saturated rings. The fourth-order valence-corrected chi connectivity index (χ4v) is 2.82. The summed E-state index contributed by atoms with van der Waals surface area (Å²) in [5.74, 6) is -0.321. The van der Waals surface area contributed by atoms with Crippen LogP contribution in [0.25, 0.3) is 23.4 Å². The van der Waals surface area contributed by atoms with E-state index in [1.807, 2.05) is 5.38 Å². The molecule has 122 valence electrons. The first-order valence-electron chi connectivity index (χ1n) is 6.99. The van der Waals surface area contributed by atoms with Gasteiger partial charge in [0.2, 0.25) is 0 Å². The third-order valence-corrected chi connectivity index (χ3v) is 4.10. The molecule has 2 aromatic carbocycles. The van der Waals surface area contributed by atoms with E-state index in [-0.39, 0.29) is 5.82 Å². The van der Waals surface area contributed by atoms with Crippen LogP contribution >= 0.6 is 11.3 Å². The predicted molar refractivity (Wildman–Crippen MR) is 87.9 cm³/mol. The molecule has 0 saturated carbocycles. The summed E-state index contributed by atoms with van der Waals surface area (Å²) >= 11 is 1.36. The van der Waals surface area contributed by atoms with Crippen LogP contribution < -0.4 is 0 Å². The zero-order valence-electron chi connectivity index (χ0n) is 12.2. The van der Waals surface area contributed by atoms with E-state index < -0.39 is 11.7 Å². The van der Waals surface area contributed by atoms with Crippen molar-refractivity contribution in [1.29, 1.82) is 0 Å². The highest BCUT2D eigenvalue weighted by Crippen LogP contribution is 2.30. The Hall–Kier alpha value is -2.47. The van der Waals surface area contributed by atoms with Crippen LogP contribution in [0.3, 0.4) is 0 Å². The fourth-order valence-electron chi connectivity index (χ4n) is 2.10. The lowest BCUT2D eigenvalue weighted by Crippen LogP contribution is -2.04. The molecule has 24 heavy (non-hydrogen) atoms. The summed E-state index contributed by atoms with van der Waals surface area (Å²) in [7, 11) is 0. The predicted octanol–water partition coefficient (Wildman–Crippen LogP) is 6.14. The second-order valence-electron chi connectivity index (χ2n) is 5.03. The van der Waals surface area contributed by atoms with Crippen molar-refractivity contribution in [2.45, 2.75) is 6.18 Å². The number of hydrogen-bond acceptors (Lipinski definition) is 2. The fraction of sp³-hybridized carbons (Fsp3) is 0.0556. The summed E-state index contributed by atoms with van der Waals surface area (Å²) in [5.41, 5.74) is 1.24. The maximum absolute atomic E-state index is 12.9. The van der Waals surface area contributed by atoms with E-state index in [1.54, 1.807) is 30.4 Å². The molecule has 6 heteroatoms. The molecule has 1 heterocycles. The highest BCUT2D eigenvalue weighted by Gasteiger charge is 2.30. The van der Waals surface area contributed by atoms with Crippen molar-refractivity contribution in [3.05, 3.63) is 75.9 Å². The zero-order chi connectivity index (χ0) is 17.2. The quantitative estimate of drug-likeness (QED) is 0.518. The van der Waals surface area contributed by atoms with Crippen LogP contribution in [-0.2, 0) is 6.18 Å². The van der Waals surface area contributed by atoms with Crippen LogP contribution in [0.4, 0.5) is 17.6 Å². The monoisotopic (exact) mass is 349 g/mol. The van der Waals surface area contributed by atoms with E-state index in [4.69, 9.17) is 0 Å². The van der Waals surface area contributed by atoms with Crippen molar-refractivity contribution in [3.8, 4) is 11.3 Å². The number of halogens is 4. The summed E-state index contributed by atoms with van der Waals surface area (Å²) in [6.45, 7) is 0. The van der Waals surface area contributed by atoms with Gasteiger partial charge in [0, 0.05) is 10.9 Å². The Labute approximate surface area is 139 Å². The molecule has 0 bridgehead atoms. The van der Waals surface area contributed by atoms with E-state index in [9.17, 15) is 17.6 Å². The van der Waals surface area contributed by atoms with Gasteiger partial charge < -0.3 is 0 Å². The van der Waals surface area contributed by atoms with Gasteiger partial charge in [-0.05, 0) is 48.0 Å². The van der Waals surface area contributed by atoms with Gasteiger partial charge in [0.15, 0.2) is 0 Å². The maximum atomic E-state index is 12.9. The first-order chi connectivity index (χ1) is 11.4. The lowest BCUT2D eigenvalue weighted by Gasteiger charge is -2.06. The molecule has 0 unspecified atom stereocenters. The van der Waals surface area contributed by atoms with Crippen LogP contribution in [0.15, 0.2) is 53.9 Å². The van der Waals surface area contributed by atoms with Gasteiger partial charge in [-0.1, -0.05) is 18.2 Å². The molecule has 0 aliphatic carbocycles. The second-order valence-corrected chi connectivity index (χ2v) is 5.92. The summed E-state index contributed by atoms with van der Waals surface area (Å²) < 4.78 is 51.0. The molecule has 0 aliphatic rings. The van der Waals surface area contributed by atoms with Gasteiger partial charge in [0.1, 0.15) is 10.8 Å². The van der Waals surface area contributed by atoms with Crippen LogP contribution in [0, 0.1) is 5.82 Å². The molecule has 0 amide bonds. The summed E-state index contributed by atoms with van der Waals surface area (Å²) in [6, 6.07) is 11.1. The molecule has 3 rings (SSSR count). The summed E-state index contributed by atoms with van der Waals surface area (Å²) in [6.07, 6.45) is -1.11. The van der Waals surface area contributed by atoms with E-state index >= 15 is 0 Å². The topological polar surface area (TPSA) is 12.9 Å². The smallest absolute Gasteiger partial charge is 0.237 e. The number of hydrogen-bond donors (Lipinski definition) is 0. The lowest BCUT2D eigenvalue weighted by atomic mass is 10.1. The van der Waals surface area contributed by atoms with E-state index in [2.05, 4.69) is 4.98 Å². The first-order valence-corrected chi connectivity index (χ1v) is 7.86. The molecular formula is C18H11F4NS. The Kier molecular flexibility index (Phi) is 4.49. The Balaban J connectivity index is 1.79. The Bertz CT molecular complexity index is 863. The first kappa shape index (κ1) is 16.4. The summed E-state index contributed by atoms with van der Waals surface area (Å²) in [4.78, 5) is 4.38. The lowest BCUT2D eigenvalue weighted by molar-refractivity contribution is -0.137. The van der Waals surface area contributed by atoms with Crippen molar-refractivity contribution in [3.63, 3.8) is 0 Å². The highest BCUT2D eigenvalue weighted by atomic mass is 32.1. The zero-order valence-corrected chi connectivity index (χ0v) is 13.0. The van der Waals surface area contributed by atoms with Gasteiger partial charge in [-0.2, -0.15) is 13.2 Å². The second kappa shape index (κ2) is 6.57. The molecule has 0 atom stereocenters. The number of benzene rings is 2. The number of aromatic nitrogens is 1.